The Hall–Kier alpha value is -3.08. The van der Waals surface area contributed by atoms with Crippen LogP contribution in [0.1, 0.15) is 10.5 Å². The number of aromatic hydroxyl groups is 1. The maximum absolute atomic E-state index is 12.7. The minimum Gasteiger partial charge on any atom is -0.503 e. The number of benzene rings is 2. The van der Waals surface area contributed by atoms with Crippen molar-refractivity contribution in [2.24, 2.45) is 5.73 Å². The van der Waals surface area contributed by atoms with Crippen LogP contribution in [0.25, 0.3) is 28.2 Å². The lowest BCUT2D eigenvalue weighted by Gasteiger charge is -2.10. The van der Waals surface area contributed by atoms with Crippen molar-refractivity contribution in [3.8, 4) is 28.6 Å². The van der Waals surface area contributed by atoms with E-state index in [2.05, 4.69) is 30.9 Å². The van der Waals surface area contributed by atoms with Gasteiger partial charge in [0, 0.05) is 5.56 Å². The van der Waals surface area contributed by atoms with E-state index in [1.54, 1.807) is 6.07 Å². The van der Waals surface area contributed by atoms with Crippen LogP contribution in [-0.4, -0.2) is 37.6 Å². The molecule has 0 radical (unpaired) electrons. The van der Waals surface area contributed by atoms with Gasteiger partial charge in [-0.3, -0.25) is 4.79 Å². The Balaban J connectivity index is 2.06. The van der Waals surface area contributed by atoms with Crippen molar-refractivity contribution >= 4 is 56.2 Å². The number of phenols is 1. The van der Waals surface area contributed by atoms with Gasteiger partial charge in [0.15, 0.2) is 28.7 Å². The second kappa shape index (κ2) is 7.88. The van der Waals surface area contributed by atoms with Crippen molar-refractivity contribution in [3.05, 3.63) is 61.0 Å². The number of hydrogen-bond acceptors (Lipinski definition) is 6. The summed E-state index contributed by atoms with van der Waals surface area (Å²) < 4.78 is 6.70. The quantitative estimate of drug-likeness (QED) is 0.372. The zero-order chi connectivity index (χ0) is 22.4. The minimum atomic E-state index is -0.860. The number of H-pyrrole nitrogens is 1. The highest BCUT2D eigenvalue weighted by molar-refractivity contribution is 9.10. The van der Waals surface area contributed by atoms with E-state index < -0.39 is 11.6 Å². The first kappa shape index (κ1) is 21.2. The van der Waals surface area contributed by atoms with Crippen LogP contribution < -0.4 is 16.2 Å². The molecule has 2 aromatic heterocycles. The number of carbonyl (C=O) groups is 1. The number of amides is 1. The number of phenolic OH excluding ortho intramolecular Hbond substituents is 1. The Bertz CT molecular complexity index is 1430. The number of nitrogens with two attached hydrogens (primary N) is 1. The van der Waals surface area contributed by atoms with Crippen LogP contribution in [0, 0.1) is 0 Å². The molecule has 4 N–H and O–H groups in total. The van der Waals surface area contributed by atoms with Gasteiger partial charge in [-0.25, -0.2) is 19.3 Å². The number of rotatable bonds is 4. The summed E-state index contributed by atoms with van der Waals surface area (Å²) in [6, 6.07) is 7.63. The minimum absolute atomic E-state index is 0.0668. The van der Waals surface area contributed by atoms with Gasteiger partial charge >= 0.3 is 5.69 Å². The van der Waals surface area contributed by atoms with Crippen LogP contribution in [0.3, 0.4) is 0 Å². The Morgan fingerprint density at radius 2 is 1.97 bits per heavy atom. The molecular formula is C19H12BrCl2N5O4. The molecule has 2 heterocycles. The van der Waals surface area contributed by atoms with Crippen LogP contribution in [-0.2, 0) is 0 Å². The van der Waals surface area contributed by atoms with Crippen molar-refractivity contribution in [1.29, 1.82) is 0 Å². The first-order valence-electron chi connectivity index (χ1n) is 8.56. The third-order valence-corrected chi connectivity index (χ3v) is 5.78. The first-order chi connectivity index (χ1) is 14.7. The van der Waals surface area contributed by atoms with Crippen LogP contribution in [0.15, 0.2) is 39.6 Å². The third-order valence-electron chi connectivity index (χ3n) is 4.44. The maximum atomic E-state index is 12.7. The number of imidazole rings is 1. The maximum Gasteiger partial charge on any atom is 0.332 e. The van der Waals surface area contributed by atoms with E-state index in [4.69, 9.17) is 33.7 Å². The Morgan fingerprint density at radius 1 is 1.23 bits per heavy atom. The summed E-state index contributed by atoms with van der Waals surface area (Å²) in [5.74, 6) is -0.740. The van der Waals surface area contributed by atoms with Crippen LogP contribution in [0.5, 0.6) is 11.5 Å². The first-order valence-corrected chi connectivity index (χ1v) is 10.1. The number of primary amides is 1. The number of methoxy groups -OCH3 is 1. The van der Waals surface area contributed by atoms with E-state index in [1.165, 1.54) is 35.9 Å². The summed E-state index contributed by atoms with van der Waals surface area (Å²) in [7, 11) is 1.39. The van der Waals surface area contributed by atoms with Gasteiger partial charge in [-0.05, 0) is 46.3 Å². The molecule has 0 aliphatic heterocycles. The van der Waals surface area contributed by atoms with Gasteiger partial charge in [-0.1, -0.05) is 23.2 Å². The number of nitrogens with zero attached hydrogens (tertiary/aromatic N) is 3. The number of nitrogens with one attached hydrogen (secondary N) is 1. The van der Waals surface area contributed by atoms with E-state index in [0.717, 1.165) is 0 Å². The molecule has 0 saturated carbocycles. The second-order valence-electron chi connectivity index (χ2n) is 6.33. The summed E-state index contributed by atoms with van der Waals surface area (Å²) in [5, 5.41) is 10.6. The van der Waals surface area contributed by atoms with Crippen molar-refractivity contribution in [3.63, 3.8) is 0 Å². The van der Waals surface area contributed by atoms with Gasteiger partial charge in [-0.15, -0.1) is 0 Å². The molecule has 0 aliphatic carbocycles. The lowest BCUT2D eigenvalue weighted by molar-refractivity contribution is 0.0997. The van der Waals surface area contributed by atoms with Crippen molar-refractivity contribution < 1.29 is 14.6 Å². The summed E-state index contributed by atoms with van der Waals surface area (Å²) in [6.45, 7) is 0. The average molecular weight is 525 g/mol. The molecule has 0 unspecified atom stereocenters. The summed E-state index contributed by atoms with van der Waals surface area (Å²) in [4.78, 5) is 36.0. The van der Waals surface area contributed by atoms with Gasteiger partial charge in [0.25, 0.3) is 5.91 Å². The van der Waals surface area contributed by atoms with Crippen LogP contribution in [0.4, 0.5) is 0 Å². The highest BCUT2D eigenvalue weighted by atomic mass is 79.9. The highest BCUT2D eigenvalue weighted by Gasteiger charge is 2.21. The second-order valence-corrected chi connectivity index (χ2v) is 8.00. The lowest BCUT2D eigenvalue weighted by atomic mass is 10.1. The fraction of sp³-hybridized carbons (Fsp3) is 0.0526. The van der Waals surface area contributed by atoms with Gasteiger partial charge in [-0.2, -0.15) is 0 Å². The fourth-order valence-corrected chi connectivity index (χ4v) is 3.75. The Labute approximate surface area is 192 Å². The number of carbonyl (C=O) groups excluding carboxylic acids is 1. The molecule has 4 rings (SSSR count). The summed E-state index contributed by atoms with van der Waals surface area (Å²) >= 11 is 15.3. The number of halogens is 3. The number of hydrogen-bond donors (Lipinski definition) is 3. The predicted octanol–water partition coefficient (Wildman–Crippen LogP) is 3.66. The largest absolute Gasteiger partial charge is 0.503 e. The standard InChI is InChI=1S/C19H12BrCl2N5O4/c1-31-12-5-7(4-9(20)15(12)28)17-24-13(16(23)29)14-18(26-17)27(19(30)25-14)8-2-3-10(21)11(22)6-8/h2-6,28H,1H3,(H2,23,29)(H,25,30). The molecular weight excluding hydrogens is 513 g/mol. The Kier molecular flexibility index (Phi) is 5.38. The molecule has 0 atom stereocenters. The fourth-order valence-electron chi connectivity index (χ4n) is 3.01. The van der Waals surface area contributed by atoms with Gasteiger partial charge in [0.1, 0.15) is 5.52 Å². The molecule has 0 fully saturated rings. The molecule has 9 nitrogen and oxygen atoms in total. The highest BCUT2D eigenvalue weighted by Crippen LogP contribution is 2.38. The zero-order valence-electron chi connectivity index (χ0n) is 15.6. The van der Waals surface area contributed by atoms with Crippen molar-refractivity contribution in [2.75, 3.05) is 7.11 Å². The molecule has 1 amide bonds. The predicted molar refractivity (Wildman–Crippen MR) is 119 cm³/mol. The average Bonchev–Trinajstić information content (AvgIpc) is 3.06. The molecule has 0 saturated heterocycles. The van der Waals surface area contributed by atoms with E-state index in [0.29, 0.717) is 20.7 Å². The molecule has 2 aromatic carbocycles. The number of aromatic nitrogens is 4. The van der Waals surface area contributed by atoms with Crippen molar-refractivity contribution in [1.82, 2.24) is 19.5 Å². The molecule has 12 heteroatoms. The van der Waals surface area contributed by atoms with Crippen LogP contribution in [0.2, 0.25) is 10.0 Å². The van der Waals surface area contributed by atoms with E-state index in [9.17, 15) is 14.7 Å². The van der Waals surface area contributed by atoms with E-state index in [1.807, 2.05) is 0 Å². The lowest BCUT2D eigenvalue weighted by Crippen LogP contribution is -2.15. The number of ether oxygens (including phenoxy) is 1. The SMILES string of the molecule is COc1cc(-c2nc(C(N)=O)c3[nH]c(=O)n(-c4ccc(Cl)c(Cl)c4)c3n2)cc(Br)c1O. The summed E-state index contributed by atoms with van der Waals surface area (Å²) in [6.07, 6.45) is 0. The molecule has 158 valence electrons. The van der Waals surface area contributed by atoms with E-state index >= 15 is 0 Å². The molecule has 0 aliphatic rings. The van der Waals surface area contributed by atoms with Gasteiger partial charge in [0.2, 0.25) is 0 Å². The zero-order valence-corrected chi connectivity index (χ0v) is 18.7. The van der Waals surface area contributed by atoms with Gasteiger partial charge < -0.3 is 20.6 Å². The summed E-state index contributed by atoms with van der Waals surface area (Å²) in [5.41, 5.74) is 5.69. The third kappa shape index (κ3) is 3.62. The molecule has 4 aromatic rings. The van der Waals surface area contributed by atoms with Crippen molar-refractivity contribution in [2.45, 2.75) is 0 Å². The smallest absolute Gasteiger partial charge is 0.332 e. The molecule has 31 heavy (non-hydrogen) atoms. The molecule has 0 spiro atoms. The monoisotopic (exact) mass is 523 g/mol. The normalized spacial score (nSPS) is 11.1. The van der Waals surface area contributed by atoms with Crippen LogP contribution >= 0.6 is 39.1 Å². The molecule has 0 bridgehead atoms. The Morgan fingerprint density at radius 3 is 2.61 bits per heavy atom. The van der Waals surface area contributed by atoms with E-state index in [-0.39, 0.29) is 39.2 Å². The topological polar surface area (TPSA) is 136 Å². The number of fused-ring (bicyclic) bond motifs is 1. The number of aromatic amines is 1. The van der Waals surface area contributed by atoms with Gasteiger partial charge in [0.05, 0.1) is 27.3 Å².